The Morgan fingerprint density at radius 3 is 2.93 bits per heavy atom. The predicted molar refractivity (Wildman–Crippen MR) is 62.9 cm³/mol. The molecular weight excluding hydrogens is 188 g/mol. The second-order valence-corrected chi connectivity index (χ2v) is 4.37. The number of nitrogens with two attached hydrogens (primary N) is 1. The van der Waals surface area contributed by atoms with E-state index in [2.05, 4.69) is 17.9 Å². The van der Waals surface area contributed by atoms with Crippen LogP contribution >= 0.6 is 0 Å². The molecule has 0 amide bonds. The molecular formula is C12H18N2O. The monoisotopic (exact) mass is 206 g/mol. The zero-order valence-corrected chi connectivity index (χ0v) is 9.06. The maximum absolute atomic E-state index is 9.65. The molecule has 0 radical (unpaired) electrons. The van der Waals surface area contributed by atoms with Gasteiger partial charge in [-0.1, -0.05) is 13.0 Å². The van der Waals surface area contributed by atoms with E-state index in [-0.39, 0.29) is 6.10 Å². The fourth-order valence-electron chi connectivity index (χ4n) is 2.09. The average Bonchev–Trinajstić information content (AvgIpc) is 2.22. The van der Waals surface area contributed by atoms with Crippen LogP contribution in [0.25, 0.3) is 0 Å². The van der Waals surface area contributed by atoms with Crippen LogP contribution in [0.15, 0.2) is 24.3 Å². The van der Waals surface area contributed by atoms with Gasteiger partial charge in [0.15, 0.2) is 0 Å². The van der Waals surface area contributed by atoms with Gasteiger partial charge in [0, 0.05) is 24.5 Å². The molecule has 1 heterocycles. The van der Waals surface area contributed by atoms with Crippen molar-refractivity contribution >= 4 is 11.4 Å². The minimum absolute atomic E-state index is 0.151. The van der Waals surface area contributed by atoms with Crippen molar-refractivity contribution in [2.75, 3.05) is 23.7 Å². The Labute approximate surface area is 90.5 Å². The summed E-state index contributed by atoms with van der Waals surface area (Å²) in [5.41, 5.74) is 7.71. The van der Waals surface area contributed by atoms with Gasteiger partial charge in [-0.05, 0) is 30.5 Å². The fourth-order valence-corrected chi connectivity index (χ4v) is 2.09. The van der Waals surface area contributed by atoms with Gasteiger partial charge in [-0.15, -0.1) is 0 Å². The third-order valence-electron chi connectivity index (χ3n) is 3.10. The molecule has 0 bridgehead atoms. The maximum atomic E-state index is 9.65. The Hall–Kier alpha value is -1.22. The number of benzene rings is 1. The molecule has 3 nitrogen and oxygen atoms in total. The van der Waals surface area contributed by atoms with Crippen molar-refractivity contribution in [1.29, 1.82) is 0 Å². The van der Waals surface area contributed by atoms with E-state index in [9.17, 15) is 5.11 Å². The third kappa shape index (κ3) is 2.23. The molecule has 0 aromatic heterocycles. The summed E-state index contributed by atoms with van der Waals surface area (Å²) in [6.45, 7) is 3.91. The number of aliphatic hydroxyl groups is 1. The summed E-state index contributed by atoms with van der Waals surface area (Å²) in [6, 6.07) is 7.93. The molecule has 2 unspecified atom stereocenters. The van der Waals surface area contributed by atoms with Crippen molar-refractivity contribution < 1.29 is 5.11 Å². The molecule has 1 aliphatic heterocycles. The lowest BCUT2D eigenvalue weighted by atomic mass is 9.96. The normalized spacial score (nSPS) is 26.7. The van der Waals surface area contributed by atoms with E-state index in [0.29, 0.717) is 5.92 Å². The molecule has 1 aliphatic rings. The van der Waals surface area contributed by atoms with E-state index in [1.54, 1.807) is 0 Å². The molecule has 0 saturated carbocycles. The molecule has 1 aromatic rings. The number of piperidine rings is 1. The minimum atomic E-state index is -0.151. The summed E-state index contributed by atoms with van der Waals surface area (Å²) >= 11 is 0. The molecule has 15 heavy (non-hydrogen) atoms. The third-order valence-corrected chi connectivity index (χ3v) is 3.10. The number of nitrogens with zero attached hydrogens (tertiary/aromatic N) is 1. The van der Waals surface area contributed by atoms with E-state index in [0.717, 1.165) is 30.9 Å². The van der Waals surface area contributed by atoms with Crippen LogP contribution in [0.1, 0.15) is 13.3 Å². The van der Waals surface area contributed by atoms with Crippen molar-refractivity contribution in [3.63, 3.8) is 0 Å². The van der Waals surface area contributed by atoms with Gasteiger partial charge < -0.3 is 15.7 Å². The number of aliphatic hydroxyl groups excluding tert-OH is 1. The summed E-state index contributed by atoms with van der Waals surface area (Å²) < 4.78 is 0. The summed E-state index contributed by atoms with van der Waals surface area (Å²) in [5, 5.41) is 9.65. The summed E-state index contributed by atoms with van der Waals surface area (Å²) in [4.78, 5) is 2.29. The first kappa shape index (κ1) is 10.3. The van der Waals surface area contributed by atoms with Gasteiger partial charge in [-0.25, -0.2) is 0 Å². The van der Waals surface area contributed by atoms with Crippen molar-refractivity contribution in [1.82, 2.24) is 0 Å². The Balaban J connectivity index is 2.12. The molecule has 3 N–H and O–H groups in total. The lowest BCUT2D eigenvalue weighted by molar-refractivity contribution is 0.0971. The van der Waals surface area contributed by atoms with Crippen LogP contribution in [0, 0.1) is 5.92 Å². The summed E-state index contributed by atoms with van der Waals surface area (Å²) in [7, 11) is 0. The van der Waals surface area contributed by atoms with Gasteiger partial charge in [-0.3, -0.25) is 0 Å². The molecule has 1 fully saturated rings. The van der Waals surface area contributed by atoms with E-state index >= 15 is 0 Å². The van der Waals surface area contributed by atoms with Crippen LogP contribution < -0.4 is 10.6 Å². The highest BCUT2D eigenvalue weighted by Gasteiger charge is 2.24. The topological polar surface area (TPSA) is 49.5 Å². The molecule has 2 rings (SSSR count). The van der Waals surface area contributed by atoms with Crippen molar-refractivity contribution in [2.24, 2.45) is 5.92 Å². The number of hydrogen-bond acceptors (Lipinski definition) is 3. The highest BCUT2D eigenvalue weighted by Crippen LogP contribution is 2.24. The SMILES string of the molecule is CC1CN(c2cccc(N)c2)CCC1O. The molecule has 2 atom stereocenters. The molecule has 82 valence electrons. The second kappa shape index (κ2) is 4.11. The Bertz CT molecular complexity index is 340. The lowest BCUT2D eigenvalue weighted by Gasteiger charge is -2.36. The molecule has 0 spiro atoms. The van der Waals surface area contributed by atoms with Crippen LogP contribution in [-0.2, 0) is 0 Å². The number of rotatable bonds is 1. The van der Waals surface area contributed by atoms with Crippen LogP contribution in [0.5, 0.6) is 0 Å². The average molecular weight is 206 g/mol. The van der Waals surface area contributed by atoms with Crippen LogP contribution in [0.2, 0.25) is 0 Å². The molecule has 0 aliphatic carbocycles. The number of nitrogen functional groups attached to an aromatic ring is 1. The predicted octanol–water partition coefficient (Wildman–Crippen LogP) is 1.48. The summed E-state index contributed by atoms with van der Waals surface area (Å²) in [5.74, 6) is 0.334. The highest BCUT2D eigenvalue weighted by molar-refractivity contribution is 5.56. The summed E-state index contributed by atoms with van der Waals surface area (Å²) in [6.07, 6.45) is 0.693. The minimum Gasteiger partial charge on any atom is -0.399 e. The number of anilines is 2. The maximum Gasteiger partial charge on any atom is 0.0599 e. The first-order chi connectivity index (χ1) is 7.16. The molecule has 3 heteroatoms. The van der Waals surface area contributed by atoms with Gasteiger partial charge in [0.2, 0.25) is 0 Å². The van der Waals surface area contributed by atoms with Crippen LogP contribution in [0.4, 0.5) is 11.4 Å². The van der Waals surface area contributed by atoms with Gasteiger partial charge in [0.1, 0.15) is 0 Å². The Kier molecular flexibility index (Phi) is 2.82. The van der Waals surface area contributed by atoms with Gasteiger partial charge in [-0.2, -0.15) is 0 Å². The van der Waals surface area contributed by atoms with Crippen molar-refractivity contribution in [2.45, 2.75) is 19.4 Å². The quantitative estimate of drug-likeness (QED) is 0.684. The lowest BCUT2D eigenvalue weighted by Crippen LogP contribution is -2.41. The number of hydrogen-bond donors (Lipinski definition) is 2. The van der Waals surface area contributed by atoms with Crippen LogP contribution in [-0.4, -0.2) is 24.3 Å². The van der Waals surface area contributed by atoms with Gasteiger partial charge in [0.25, 0.3) is 0 Å². The van der Waals surface area contributed by atoms with Gasteiger partial charge in [0.05, 0.1) is 6.10 Å². The first-order valence-electron chi connectivity index (χ1n) is 5.45. The fraction of sp³-hybridized carbons (Fsp3) is 0.500. The van der Waals surface area contributed by atoms with E-state index in [4.69, 9.17) is 5.73 Å². The highest BCUT2D eigenvalue weighted by atomic mass is 16.3. The molecule has 1 aromatic carbocycles. The van der Waals surface area contributed by atoms with Crippen molar-refractivity contribution in [3.8, 4) is 0 Å². The van der Waals surface area contributed by atoms with E-state index in [1.807, 2.05) is 18.2 Å². The van der Waals surface area contributed by atoms with Gasteiger partial charge >= 0.3 is 0 Å². The molecule has 1 saturated heterocycles. The Morgan fingerprint density at radius 1 is 1.47 bits per heavy atom. The zero-order valence-electron chi connectivity index (χ0n) is 9.06. The first-order valence-corrected chi connectivity index (χ1v) is 5.45. The Morgan fingerprint density at radius 2 is 2.27 bits per heavy atom. The van der Waals surface area contributed by atoms with E-state index < -0.39 is 0 Å². The van der Waals surface area contributed by atoms with E-state index in [1.165, 1.54) is 0 Å². The van der Waals surface area contributed by atoms with Crippen molar-refractivity contribution in [3.05, 3.63) is 24.3 Å². The standard InChI is InChI=1S/C12H18N2O/c1-9-8-14(6-5-12(9)15)11-4-2-3-10(13)7-11/h2-4,7,9,12,15H,5-6,8,13H2,1H3. The largest absolute Gasteiger partial charge is 0.399 e. The zero-order chi connectivity index (χ0) is 10.8. The second-order valence-electron chi connectivity index (χ2n) is 4.37. The van der Waals surface area contributed by atoms with Crippen LogP contribution in [0.3, 0.4) is 0 Å². The smallest absolute Gasteiger partial charge is 0.0599 e.